The van der Waals surface area contributed by atoms with Gasteiger partial charge in [0.1, 0.15) is 5.75 Å². The Bertz CT molecular complexity index is 344. The lowest BCUT2D eigenvalue weighted by atomic mass is 10.1. The fourth-order valence-electron chi connectivity index (χ4n) is 0.986. The summed E-state index contributed by atoms with van der Waals surface area (Å²) in [7, 11) is 1.66. The molecule has 1 rings (SSSR count). The summed E-state index contributed by atoms with van der Waals surface area (Å²) >= 11 is 0. The van der Waals surface area contributed by atoms with Gasteiger partial charge in [0.05, 0.1) is 7.11 Å². The standard InChI is InChI=1S/C13H14O/c1-4-11(2)5-6-12-7-9-13(14-3)10-8-12/h4-10H,1-2H2,3H3/b6-5+. The Hall–Kier alpha value is -1.76. The number of methoxy groups -OCH3 is 1. The van der Waals surface area contributed by atoms with Gasteiger partial charge in [0.25, 0.3) is 0 Å². The molecule has 1 heteroatoms. The van der Waals surface area contributed by atoms with Gasteiger partial charge >= 0.3 is 0 Å². The highest BCUT2D eigenvalue weighted by Crippen LogP contribution is 2.12. The van der Waals surface area contributed by atoms with Crippen molar-refractivity contribution in [2.24, 2.45) is 0 Å². The van der Waals surface area contributed by atoms with Crippen LogP contribution in [0.5, 0.6) is 5.75 Å². The van der Waals surface area contributed by atoms with Gasteiger partial charge in [0, 0.05) is 0 Å². The van der Waals surface area contributed by atoms with Crippen molar-refractivity contribution >= 4 is 6.08 Å². The van der Waals surface area contributed by atoms with Crippen LogP contribution >= 0.6 is 0 Å². The lowest BCUT2D eigenvalue weighted by Gasteiger charge is -1.98. The van der Waals surface area contributed by atoms with Gasteiger partial charge in [-0.05, 0) is 23.3 Å². The summed E-state index contributed by atoms with van der Waals surface area (Å²) in [5.74, 6) is 0.865. The first-order chi connectivity index (χ1) is 6.76. The van der Waals surface area contributed by atoms with Crippen molar-refractivity contribution < 1.29 is 4.74 Å². The third-order valence-electron chi connectivity index (χ3n) is 1.87. The zero-order chi connectivity index (χ0) is 10.4. The third-order valence-corrected chi connectivity index (χ3v) is 1.87. The topological polar surface area (TPSA) is 9.23 Å². The smallest absolute Gasteiger partial charge is 0.118 e. The molecule has 0 aliphatic rings. The Balaban J connectivity index is 2.73. The number of benzene rings is 1. The first-order valence-electron chi connectivity index (χ1n) is 4.39. The molecule has 0 aliphatic heterocycles. The zero-order valence-electron chi connectivity index (χ0n) is 8.36. The third kappa shape index (κ3) is 2.94. The molecule has 14 heavy (non-hydrogen) atoms. The SMILES string of the molecule is C=CC(=C)/C=C/c1ccc(OC)cc1. The molecule has 1 nitrogen and oxygen atoms in total. The molecule has 0 unspecified atom stereocenters. The van der Waals surface area contributed by atoms with Crippen LogP contribution in [-0.4, -0.2) is 7.11 Å². The molecule has 72 valence electrons. The van der Waals surface area contributed by atoms with E-state index in [2.05, 4.69) is 13.2 Å². The summed E-state index contributed by atoms with van der Waals surface area (Å²) in [4.78, 5) is 0. The van der Waals surface area contributed by atoms with Crippen LogP contribution in [-0.2, 0) is 0 Å². The van der Waals surface area contributed by atoms with Gasteiger partial charge in [-0.25, -0.2) is 0 Å². The first kappa shape index (κ1) is 10.3. The maximum absolute atomic E-state index is 5.06. The van der Waals surface area contributed by atoms with Gasteiger partial charge in [-0.1, -0.05) is 43.5 Å². The van der Waals surface area contributed by atoms with Crippen LogP contribution in [0.1, 0.15) is 5.56 Å². The highest BCUT2D eigenvalue weighted by molar-refractivity contribution is 5.54. The van der Waals surface area contributed by atoms with E-state index < -0.39 is 0 Å². The maximum Gasteiger partial charge on any atom is 0.118 e. The van der Waals surface area contributed by atoms with E-state index in [0.29, 0.717) is 0 Å². The van der Waals surface area contributed by atoms with E-state index in [1.165, 1.54) is 0 Å². The molecule has 1 aromatic rings. The highest BCUT2D eigenvalue weighted by atomic mass is 16.5. The lowest BCUT2D eigenvalue weighted by Crippen LogP contribution is -1.81. The van der Waals surface area contributed by atoms with E-state index in [9.17, 15) is 0 Å². The summed E-state index contributed by atoms with van der Waals surface area (Å²) in [5.41, 5.74) is 2.02. The molecule has 0 spiro atoms. The van der Waals surface area contributed by atoms with Crippen molar-refractivity contribution in [2.45, 2.75) is 0 Å². The van der Waals surface area contributed by atoms with E-state index in [0.717, 1.165) is 16.9 Å². The minimum Gasteiger partial charge on any atom is -0.497 e. The molecular formula is C13H14O. The molecule has 0 amide bonds. The quantitative estimate of drug-likeness (QED) is 0.654. The summed E-state index contributed by atoms with van der Waals surface area (Å²) < 4.78 is 5.06. The van der Waals surface area contributed by atoms with E-state index >= 15 is 0 Å². The Morgan fingerprint density at radius 2 is 1.93 bits per heavy atom. The second-order valence-electron chi connectivity index (χ2n) is 2.89. The Kier molecular flexibility index (Phi) is 3.74. The highest BCUT2D eigenvalue weighted by Gasteiger charge is 1.89. The van der Waals surface area contributed by atoms with Crippen LogP contribution in [0.25, 0.3) is 6.08 Å². The fourth-order valence-corrected chi connectivity index (χ4v) is 0.986. The summed E-state index contributed by atoms with van der Waals surface area (Å²) in [5, 5.41) is 0. The van der Waals surface area contributed by atoms with Crippen molar-refractivity contribution in [2.75, 3.05) is 7.11 Å². The Labute approximate surface area is 85.0 Å². The van der Waals surface area contributed by atoms with E-state index in [-0.39, 0.29) is 0 Å². The molecule has 0 radical (unpaired) electrons. The van der Waals surface area contributed by atoms with Crippen LogP contribution in [0.15, 0.2) is 55.1 Å². The number of ether oxygens (including phenoxy) is 1. The minimum absolute atomic E-state index is 0.865. The van der Waals surface area contributed by atoms with E-state index in [1.54, 1.807) is 13.2 Å². The van der Waals surface area contributed by atoms with Crippen molar-refractivity contribution in [1.82, 2.24) is 0 Å². The number of hydrogen-bond donors (Lipinski definition) is 0. The molecule has 0 saturated heterocycles. The fraction of sp³-hybridized carbons (Fsp3) is 0.0769. The molecule has 0 saturated carbocycles. The van der Waals surface area contributed by atoms with Gasteiger partial charge in [-0.15, -0.1) is 0 Å². The van der Waals surface area contributed by atoms with Crippen LogP contribution in [0, 0.1) is 0 Å². The second-order valence-corrected chi connectivity index (χ2v) is 2.89. The molecule has 0 N–H and O–H groups in total. The Morgan fingerprint density at radius 1 is 1.29 bits per heavy atom. The normalized spacial score (nSPS) is 10.1. The largest absolute Gasteiger partial charge is 0.497 e. The van der Waals surface area contributed by atoms with Crippen molar-refractivity contribution in [3.8, 4) is 5.75 Å². The molecule has 0 fully saturated rings. The predicted octanol–water partition coefficient (Wildman–Crippen LogP) is 3.45. The van der Waals surface area contributed by atoms with Crippen molar-refractivity contribution in [3.05, 3.63) is 60.7 Å². The van der Waals surface area contributed by atoms with E-state index in [4.69, 9.17) is 4.74 Å². The zero-order valence-corrected chi connectivity index (χ0v) is 8.36. The van der Waals surface area contributed by atoms with E-state index in [1.807, 2.05) is 36.4 Å². The Morgan fingerprint density at radius 3 is 2.43 bits per heavy atom. The van der Waals surface area contributed by atoms with Crippen molar-refractivity contribution in [3.63, 3.8) is 0 Å². The number of allylic oxidation sites excluding steroid dienone is 3. The summed E-state index contributed by atoms with van der Waals surface area (Å²) in [6.07, 6.45) is 5.64. The van der Waals surface area contributed by atoms with Gasteiger partial charge in [0.15, 0.2) is 0 Å². The molecule has 0 bridgehead atoms. The molecule has 1 aromatic carbocycles. The van der Waals surface area contributed by atoms with Crippen LogP contribution in [0.2, 0.25) is 0 Å². The molecule has 0 aromatic heterocycles. The average molecular weight is 186 g/mol. The minimum atomic E-state index is 0.865. The summed E-state index contributed by atoms with van der Waals surface area (Å²) in [6, 6.07) is 7.84. The first-order valence-corrected chi connectivity index (χ1v) is 4.39. The van der Waals surface area contributed by atoms with Crippen LogP contribution < -0.4 is 4.74 Å². The predicted molar refractivity (Wildman–Crippen MR) is 61.4 cm³/mol. The monoisotopic (exact) mass is 186 g/mol. The number of rotatable bonds is 4. The summed E-state index contributed by atoms with van der Waals surface area (Å²) in [6.45, 7) is 7.42. The van der Waals surface area contributed by atoms with Crippen LogP contribution in [0.3, 0.4) is 0 Å². The molecule has 0 atom stereocenters. The van der Waals surface area contributed by atoms with Gasteiger partial charge in [-0.3, -0.25) is 0 Å². The molecular weight excluding hydrogens is 172 g/mol. The van der Waals surface area contributed by atoms with Gasteiger partial charge in [0.2, 0.25) is 0 Å². The lowest BCUT2D eigenvalue weighted by molar-refractivity contribution is 0.415. The molecule has 0 heterocycles. The van der Waals surface area contributed by atoms with Crippen molar-refractivity contribution in [1.29, 1.82) is 0 Å². The second kappa shape index (κ2) is 5.07. The average Bonchev–Trinajstić information content (AvgIpc) is 2.26. The van der Waals surface area contributed by atoms with Crippen LogP contribution in [0.4, 0.5) is 0 Å². The van der Waals surface area contributed by atoms with Gasteiger partial charge in [-0.2, -0.15) is 0 Å². The number of hydrogen-bond acceptors (Lipinski definition) is 1. The molecule has 0 aliphatic carbocycles. The maximum atomic E-state index is 5.06. The van der Waals surface area contributed by atoms with Gasteiger partial charge < -0.3 is 4.74 Å².